The third-order valence-corrected chi connectivity index (χ3v) is 3.32. The molecule has 0 spiro atoms. The number of carbonyl (C=O) groups is 2. The molecule has 142 valence electrons. The highest BCUT2D eigenvalue weighted by atomic mass is 16.6. The minimum absolute atomic E-state index is 0.0355. The number of nitrogens with one attached hydrogen (secondary N) is 1. The summed E-state index contributed by atoms with van der Waals surface area (Å²) in [7, 11) is 0. The minimum Gasteiger partial charge on any atom is -0.444 e. The normalized spacial score (nSPS) is 10.0. The predicted molar refractivity (Wildman–Crippen MR) is 102 cm³/mol. The lowest BCUT2D eigenvalue weighted by molar-refractivity contribution is 0.0523. The molecular weight excluding hydrogens is 344 g/mol. The Morgan fingerprint density at radius 3 is 2.26 bits per heavy atom. The number of hydrogen-bond acceptors (Lipinski definition) is 5. The molecule has 0 aliphatic heterocycles. The summed E-state index contributed by atoms with van der Waals surface area (Å²) < 4.78 is 5.12. The van der Waals surface area contributed by atoms with E-state index in [1.165, 1.54) is 0 Å². The molecule has 0 saturated carbocycles. The SMILES string of the molecule is CC(C)(C)OC(=O)NCc1ccccc1CO.N#Cc1ccccc1C=O. The van der Waals surface area contributed by atoms with E-state index < -0.39 is 11.7 Å². The van der Waals surface area contributed by atoms with E-state index in [1.54, 1.807) is 24.3 Å². The van der Waals surface area contributed by atoms with Gasteiger partial charge in [-0.15, -0.1) is 0 Å². The summed E-state index contributed by atoms with van der Waals surface area (Å²) >= 11 is 0. The highest BCUT2D eigenvalue weighted by Gasteiger charge is 2.15. The van der Waals surface area contributed by atoms with Crippen LogP contribution in [-0.4, -0.2) is 23.1 Å². The van der Waals surface area contributed by atoms with Crippen molar-refractivity contribution in [1.82, 2.24) is 5.32 Å². The molecule has 2 aromatic rings. The van der Waals surface area contributed by atoms with Gasteiger partial charge in [-0.2, -0.15) is 5.26 Å². The molecule has 0 unspecified atom stereocenters. The van der Waals surface area contributed by atoms with Gasteiger partial charge in [-0.3, -0.25) is 4.79 Å². The van der Waals surface area contributed by atoms with Crippen molar-refractivity contribution in [3.05, 3.63) is 70.8 Å². The van der Waals surface area contributed by atoms with Crippen molar-refractivity contribution in [1.29, 1.82) is 5.26 Å². The van der Waals surface area contributed by atoms with E-state index >= 15 is 0 Å². The van der Waals surface area contributed by atoms with Crippen LogP contribution in [0, 0.1) is 11.3 Å². The Kier molecular flexibility index (Phi) is 8.70. The highest BCUT2D eigenvalue weighted by molar-refractivity contribution is 5.78. The molecule has 0 bridgehead atoms. The maximum atomic E-state index is 11.4. The van der Waals surface area contributed by atoms with E-state index in [0.717, 1.165) is 11.1 Å². The molecule has 6 nitrogen and oxygen atoms in total. The van der Waals surface area contributed by atoms with Crippen LogP contribution in [0.25, 0.3) is 0 Å². The molecular formula is C21H24N2O4. The molecule has 1 amide bonds. The van der Waals surface area contributed by atoms with Gasteiger partial charge in [0.15, 0.2) is 6.29 Å². The molecule has 27 heavy (non-hydrogen) atoms. The van der Waals surface area contributed by atoms with Crippen LogP contribution in [0.2, 0.25) is 0 Å². The van der Waals surface area contributed by atoms with Crippen molar-refractivity contribution in [2.24, 2.45) is 0 Å². The smallest absolute Gasteiger partial charge is 0.407 e. The molecule has 0 fully saturated rings. The van der Waals surface area contributed by atoms with Crippen LogP contribution in [0.15, 0.2) is 48.5 Å². The van der Waals surface area contributed by atoms with E-state index in [2.05, 4.69) is 5.32 Å². The average Bonchev–Trinajstić information content (AvgIpc) is 2.65. The van der Waals surface area contributed by atoms with Crippen molar-refractivity contribution in [3.8, 4) is 6.07 Å². The molecule has 0 radical (unpaired) electrons. The van der Waals surface area contributed by atoms with E-state index in [0.29, 0.717) is 24.0 Å². The maximum absolute atomic E-state index is 11.4. The second-order valence-electron chi connectivity index (χ2n) is 6.60. The summed E-state index contributed by atoms with van der Waals surface area (Å²) in [5.41, 5.74) is 2.08. The minimum atomic E-state index is -0.499. The Bertz CT molecular complexity index is 804. The molecule has 6 heteroatoms. The number of aldehydes is 1. The third-order valence-electron chi connectivity index (χ3n) is 3.32. The van der Waals surface area contributed by atoms with Crippen LogP contribution in [0.3, 0.4) is 0 Å². The van der Waals surface area contributed by atoms with Crippen molar-refractivity contribution in [2.75, 3.05) is 0 Å². The summed E-state index contributed by atoms with van der Waals surface area (Å²) in [4.78, 5) is 21.7. The summed E-state index contributed by atoms with van der Waals surface area (Å²) in [6.45, 7) is 5.76. The van der Waals surface area contributed by atoms with Gasteiger partial charge in [0.2, 0.25) is 0 Å². The van der Waals surface area contributed by atoms with Crippen molar-refractivity contribution < 1.29 is 19.4 Å². The standard InChI is InChI=1S/C13H19NO3.C8H5NO/c1-13(2,3)17-12(16)14-8-10-6-4-5-7-11(10)9-15;9-5-7-3-1-2-4-8(7)6-10/h4-7,15H,8-9H2,1-3H3,(H,14,16);1-4,6H. The molecule has 0 atom stereocenters. The molecule has 0 aliphatic carbocycles. The monoisotopic (exact) mass is 368 g/mol. The average molecular weight is 368 g/mol. The molecule has 2 rings (SSSR count). The van der Waals surface area contributed by atoms with Crippen LogP contribution >= 0.6 is 0 Å². The first-order valence-corrected chi connectivity index (χ1v) is 8.39. The Hall–Kier alpha value is -3.17. The van der Waals surface area contributed by atoms with Crippen LogP contribution < -0.4 is 5.32 Å². The molecule has 0 heterocycles. The zero-order valence-corrected chi connectivity index (χ0v) is 15.7. The topological polar surface area (TPSA) is 99.4 Å². The van der Waals surface area contributed by atoms with Gasteiger partial charge in [-0.05, 0) is 38.0 Å². The maximum Gasteiger partial charge on any atom is 0.407 e. The van der Waals surface area contributed by atoms with E-state index in [4.69, 9.17) is 15.1 Å². The summed E-state index contributed by atoms with van der Waals surface area (Å²) in [5.74, 6) is 0. The van der Waals surface area contributed by atoms with Gasteiger partial charge in [0.25, 0.3) is 0 Å². The number of aliphatic hydroxyl groups excluding tert-OH is 1. The fourth-order valence-electron chi connectivity index (χ4n) is 2.07. The number of nitrogens with zero attached hydrogens (tertiary/aromatic N) is 1. The number of ether oxygens (including phenoxy) is 1. The summed E-state index contributed by atoms with van der Waals surface area (Å²) in [6.07, 6.45) is 0.226. The molecule has 0 aliphatic rings. The van der Waals surface area contributed by atoms with Crippen LogP contribution in [-0.2, 0) is 17.9 Å². The van der Waals surface area contributed by atoms with E-state index in [9.17, 15) is 9.59 Å². The Morgan fingerprint density at radius 2 is 1.74 bits per heavy atom. The van der Waals surface area contributed by atoms with Gasteiger partial charge in [0.05, 0.1) is 18.2 Å². The van der Waals surface area contributed by atoms with Gasteiger partial charge >= 0.3 is 6.09 Å². The van der Waals surface area contributed by atoms with Crippen molar-refractivity contribution in [3.63, 3.8) is 0 Å². The second-order valence-corrected chi connectivity index (χ2v) is 6.60. The quantitative estimate of drug-likeness (QED) is 0.804. The number of aliphatic hydroxyl groups is 1. The molecule has 0 aromatic heterocycles. The lowest BCUT2D eigenvalue weighted by Crippen LogP contribution is -2.32. The Labute approximate surface area is 159 Å². The van der Waals surface area contributed by atoms with Gasteiger partial charge < -0.3 is 15.2 Å². The van der Waals surface area contributed by atoms with Crippen molar-refractivity contribution in [2.45, 2.75) is 39.5 Å². The first-order valence-electron chi connectivity index (χ1n) is 8.39. The first-order chi connectivity index (χ1) is 12.8. The van der Waals surface area contributed by atoms with Gasteiger partial charge in [-0.25, -0.2) is 4.79 Å². The van der Waals surface area contributed by atoms with Crippen LogP contribution in [0.4, 0.5) is 4.79 Å². The molecule has 0 saturated heterocycles. The third kappa shape index (κ3) is 8.17. The zero-order valence-electron chi connectivity index (χ0n) is 15.7. The molecule has 2 N–H and O–H groups in total. The predicted octanol–water partition coefficient (Wildman–Crippen LogP) is 3.57. The van der Waals surface area contributed by atoms with E-state index in [1.807, 2.05) is 51.1 Å². The Morgan fingerprint density at radius 1 is 1.15 bits per heavy atom. The van der Waals surface area contributed by atoms with Gasteiger partial charge in [0.1, 0.15) is 5.60 Å². The number of benzene rings is 2. The molecule has 2 aromatic carbocycles. The number of rotatable bonds is 4. The summed E-state index contributed by atoms with van der Waals surface area (Å²) in [6, 6.07) is 16.0. The second kappa shape index (κ2) is 10.7. The largest absolute Gasteiger partial charge is 0.444 e. The van der Waals surface area contributed by atoms with Gasteiger partial charge in [-0.1, -0.05) is 42.5 Å². The number of nitriles is 1. The highest BCUT2D eigenvalue weighted by Crippen LogP contribution is 2.10. The number of amides is 1. The zero-order chi connectivity index (χ0) is 20.3. The number of carbonyl (C=O) groups excluding carboxylic acids is 2. The fraction of sp³-hybridized carbons (Fsp3) is 0.286. The van der Waals surface area contributed by atoms with Gasteiger partial charge in [0, 0.05) is 12.1 Å². The number of hydrogen-bond donors (Lipinski definition) is 2. The van der Waals surface area contributed by atoms with Crippen LogP contribution in [0.1, 0.15) is 47.8 Å². The van der Waals surface area contributed by atoms with E-state index in [-0.39, 0.29) is 6.61 Å². The lowest BCUT2D eigenvalue weighted by Gasteiger charge is -2.20. The first kappa shape index (κ1) is 21.9. The summed E-state index contributed by atoms with van der Waals surface area (Å²) in [5, 5.41) is 20.2. The lowest BCUT2D eigenvalue weighted by atomic mass is 10.1. The fourth-order valence-corrected chi connectivity index (χ4v) is 2.07. The number of alkyl carbamates (subject to hydrolysis) is 1. The van der Waals surface area contributed by atoms with Crippen LogP contribution in [0.5, 0.6) is 0 Å². The van der Waals surface area contributed by atoms with Crippen molar-refractivity contribution >= 4 is 12.4 Å². The Balaban J connectivity index is 0.000000309.